The van der Waals surface area contributed by atoms with Crippen LogP contribution in [0.4, 0.5) is 0 Å². The van der Waals surface area contributed by atoms with E-state index in [0.29, 0.717) is 28.8 Å². The molecule has 2 aromatic rings. The molecule has 0 unspecified atom stereocenters. The number of aliphatic hydroxyl groups is 2. The first kappa shape index (κ1) is 28.8. The first-order valence-corrected chi connectivity index (χ1v) is 13.8. The summed E-state index contributed by atoms with van der Waals surface area (Å²) in [6, 6.07) is 2.53. The molecule has 1 aromatic heterocycles. The molecule has 11 nitrogen and oxygen atoms in total. The number of aromatic nitrogens is 1. The highest BCUT2D eigenvalue weighted by Crippen LogP contribution is 2.55. The zero-order chi connectivity index (χ0) is 31.8. The molecule has 0 saturated carbocycles. The van der Waals surface area contributed by atoms with Gasteiger partial charge in [0.05, 0.1) is 33.4 Å². The lowest BCUT2D eigenvalue weighted by molar-refractivity contribution is 0.362. The van der Waals surface area contributed by atoms with Gasteiger partial charge in [-0.1, -0.05) is 18.2 Å². The van der Waals surface area contributed by atoms with E-state index in [4.69, 9.17) is 4.74 Å². The van der Waals surface area contributed by atoms with E-state index < -0.39 is 76.6 Å². The topological polar surface area (TPSA) is 174 Å². The average molecular weight is 597 g/mol. The molecule has 0 aliphatic heterocycles. The van der Waals surface area contributed by atoms with Crippen molar-refractivity contribution in [3.05, 3.63) is 125 Å². The lowest BCUT2D eigenvalue weighted by Crippen LogP contribution is -2.51. The summed E-state index contributed by atoms with van der Waals surface area (Å²) in [5.74, 6) is -2.44. The average Bonchev–Trinajstić information content (AvgIpc) is 3.48. The van der Waals surface area contributed by atoms with Crippen LogP contribution in [0.5, 0.6) is 11.5 Å². The number of nitrogens with one attached hydrogen (secondary N) is 1. The molecule has 4 N–H and O–H groups in total. The number of aromatic hydroxyl groups is 1. The van der Waals surface area contributed by atoms with Crippen molar-refractivity contribution in [2.45, 2.75) is 31.7 Å². The Labute approximate surface area is 247 Å². The third kappa shape index (κ3) is 3.62. The van der Waals surface area contributed by atoms with Gasteiger partial charge in [0.1, 0.15) is 22.7 Å². The van der Waals surface area contributed by atoms with Gasteiger partial charge in [-0.3, -0.25) is 24.0 Å². The van der Waals surface area contributed by atoms with E-state index in [1.54, 1.807) is 24.3 Å². The van der Waals surface area contributed by atoms with Crippen LogP contribution in [0.15, 0.2) is 54.3 Å². The molecule has 4 aliphatic carbocycles. The molecule has 44 heavy (non-hydrogen) atoms. The number of H-pyrrole nitrogens is 1. The molecule has 0 amide bonds. The number of phenols is 1. The van der Waals surface area contributed by atoms with Gasteiger partial charge in [-0.2, -0.15) is 0 Å². The highest BCUT2D eigenvalue weighted by molar-refractivity contribution is 5.97. The first-order chi connectivity index (χ1) is 20.9. The normalized spacial score (nSPS) is 17.8. The number of allylic oxidation sites excluding steroid dienone is 3. The lowest BCUT2D eigenvalue weighted by atomic mass is 9.77. The molecule has 1 spiro atoms. The predicted octanol–water partition coefficient (Wildman–Crippen LogP) is 0.165. The number of benzene rings is 1. The number of ether oxygens (including phenoxy) is 1. The molecule has 0 bridgehead atoms. The summed E-state index contributed by atoms with van der Waals surface area (Å²) in [7, 11) is 4.78. The third-order valence-corrected chi connectivity index (χ3v) is 8.62. The van der Waals surface area contributed by atoms with Crippen molar-refractivity contribution in [1.82, 2.24) is 9.88 Å². The van der Waals surface area contributed by atoms with Crippen LogP contribution in [0.2, 0.25) is 0 Å². The molecule has 1 atom stereocenters. The third-order valence-electron chi connectivity index (χ3n) is 8.62. The quantitative estimate of drug-likeness (QED) is 0.233. The SMILES string of the molecule is C/C=C/C=C/c1cc2c(CN(C)C)c3c(c(O)c2c(=O)[nH]1)[C@@]1(CC3)C(O)=c2c(=O)c3c(=O)cc(OC)c(=O)c=3c(=O)c2=C1O. The molecule has 224 valence electrons. The number of pyridine rings is 1. The van der Waals surface area contributed by atoms with Crippen LogP contribution < -0.4 is 42.4 Å². The molecule has 11 heteroatoms. The zero-order valence-electron chi connectivity index (χ0n) is 24.3. The molecule has 1 heterocycles. The van der Waals surface area contributed by atoms with E-state index in [1.165, 1.54) is 0 Å². The van der Waals surface area contributed by atoms with E-state index in [1.807, 2.05) is 32.0 Å². The monoisotopic (exact) mass is 596 g/mol. The second-order valence-corrected chi connectivity index (χ2v) is 11.3. The molecule has 0 fully saturated rings. The van der Waals surface area contributed by atoms with Gasteiger partial charge < -0.3 is 29.9 Å². The van der Waals surface area contributed by atoms with Crippen molar-refractivity contribution in [2.24, 2.45) is 0 Å². The van der Waals surface area contributed by atoms with Crippen molar-refractivity contribution >= 4 is 28.4 Å². The highest BCUT2D eigenvalue weighted by atomic mass is 16.5. The van der Waals surface area contributed by atoms with E-state index in [-0.39, 0.29) is 23.8 Å². The lowest BCUT2D eigenvalue weighted by Gasteiger charge is -2.28. The van der Waals surface area contributed by atoms with Crippen molar-refractivity contribution in [3.8, 4) is 11.5 Å². The van der Waals surface area contributed by atoms with E-state index in [2.05, 4.69) is 4.98 Å². The molecule has 4 aliphatic rings. The number of methoxy groups -OCH3 is 1. The molecular weight excluding hydrogens is 568 g/mol. The number of aromatic amines is 1. The Hall–Kier alpha value is -5.29. The van der Waals surface area contributed by atoms with Crippen LogP contribution in [0, 0.1) is 10.4 Å². The summed E-state index contributed by atoms with van der Waals surface area (Å²) in [4.78, 5) is 71.4. The van der Waals surface area contributed by atoms with Crippen LogP contribution in [-0.2, 0) is 18.4 Å². The molecule has 0 saturated heterocycles. The van der Waals surface area contributed by atoms with Crippen molar-refractivity contribution in [2.75, 3.05) is 21.2 Å². The Kier molecular flexibility index (Phi) is 6.47. The standard InChI is InChI=1S/C33H28N2O9/c1-5-6-7-8-14-11-16-17(13-35(2)3)15-9-10-33(25(15)29(40)20(16)32(43)34-14)30(41)23-24(31(33)42)28(39)22-21(27(23)38)18(36)12-19(44-4)26(22)37/h5-8,11-12,40-42H,9-10,13H2,1-4H3,(H,34,43)/b6-5+,8-7+/t33-/m0/s1. The number of nitrogens with zero attached hydrogens (tertiary/aromatic N) is 1. The fraction of sp³-hybridized carbons (Fsp3) is 0.242. The van der Waals surface area contributed by atoms with E-state index in [9.17, 15) is 39.3 Å². The number of hydrogen-bond acceptors (Lipinski definition) is 10. The Morgan fingerprint density at radius 2 is 1.59 bits per heavy atom. The summed E-state index contributed by atoms with van der Waals surface area (Å²) in [5.41, 5.74) is -5.11. The van der Waals surface area contributed by atoms with Crippen LogP contribution in [0.1, 0.15) is 35.7 Å². The smallest absolute Gasteiger partial charge is 0.260 e. The number of fused-ring (bicyclic) bond motifs is 4. The predicted molar refractivity (Wildman–Crippen MR) is 165 cm³/mol. The van der Waals surface area contributed by atoms with Gasteiger partial charge >= 0.3 is 0 Å². The summed E-state index contributed by atoms with van der Waals surface area (Å²) < 4.78 is 4.93. The van der Waals surface area contributed by atoms with Crippen molar-refractivity contribution < 1.29 is 20.1 Å². The van der Waals surface area contributed by atoms with Crippen LogP contribution in [-0.4, -0.2) is 46.4 Å². The fourth-order valence-electron chi connectivity index (χ4n) is 6.82. The van der Waals surface area contributed by atoms with Crippen LogP contribution in [0.3, 0.4) is 0 Å². The minimum Gasteiger partial charge on any atom is -0.510 e. The minimum absolute atomic E-state index is 0.0131. The summed E-state index contributed by atoms with van der Waals surface area (Å²) in [5, 5.41) is 32.9. The van der Waals surface area contributed by atoms with Gasteiger partial charge in [-0.15, -0.1) is 0 Å². The Morgan fingerprint density at radius 1 is 0.932 bits per heavy atom. The van der Waals surface area contributed by atoms with Gasteiger partial charge in [0.15, 0.2) is 11.2 Å². The number of phenolic OH excluding ortho intramolecular Hbond substituents is 1. The number of rotatable bonds is 5. The van der Waals surface area contributed by atoms with Crippen molar-refractivity contribution in [3.63, 3.8) is 0 Å². The van der Waals surface area contributed by atoms with Gasteiger partial charge in [0, 0.05) is 23.9 Å². The number of hydrogen-bond donors (Lipinski definition) is 4. The van der Waals surface area contributed by atoms with Gasteiger partial charge in [-0.25, -0.2) is 0 Å². The number of aliphatic hydroxyl groups excluding tert-OH is 2. The maximum absolute atomic E-state index is 13.8. The Morgan fingerprint density at radius 3 is 2.20 bits per heavy atom. The molecule has 0 radical (unpaired) electrons. The second-order valence-electron chi connectivity index (χ2n) is 11.3. The Bertz CT molecular complexity index is 2480. The van der Waals surface area contributed by atoms with Gasteiger partial charge in [0.2, 0.25) is 16.3 Å². The Balaban J connectivity index is 1.80. The largest absolute Gasteiger partial charge is 0.510 e. The maximum atomic E-state index is 13.8. The first-order valence-electron chi connectivity index (χ1n) is 13.8. The van der Waals surface area contributed by atoms with Gasteiger partial charge in [-0.05, 0) is 62.5 Å². The van der Waals surface area contributed by atoms with Gasteiger partial charge in [0.25, 0.3) is 5.56 Å². The van der Waals surface area contributed by atoms with Crippen molar-refractivity contribution in [1.29, 1.82) is 0 Å². The molecular formula is C33H28N2O9. The van der Waals surface area contributed by atoms with Crippen LogP contribution in [0.25, 0.3) is 28.4 Å². The maximum Gasteiger partial charge on any atom is 0.260 e. The zero-order valence-corrected chi connectivity index (χ0v) is 24.3. The second kappa shape index (κ2) is 9.88. The van der Waals surface area contributed by atoms with E-state index >= 15 is 0 Å². The van der Waals surface area contributed by atoms with E-state index in [0.717, 1.165) is 13.2 Å². The fourth-order valence-corrected chi connectivity index (χ4v) is 6.82. The van der Waals surface area contributed by atoms with Crippen LogP contribution >= 0.6 is 0 Å². The summed E-state index contributed by atoms with van der Waals surface area (Å²) in [6.07, 6.45) is 7.20. The minimum atomic E-state index is -1.97. The molecule has 6 rings (SSSR count). The molecule has 1 aromatic carbocycles. The highest BCUT2D eigenvalue weighted by Gasteiger charge is 2.53. The summed E-state index contributed by atoms with van der Waals surface area (Å²) in [6.45, 7) is 2.16. The summed E-state index contributed by atoms with van der Waals surface area (Å²) >= 11 is 0.